The molecule has 0 spiro atoms. The molecule has 0 atom stereocenters. The maximum Gasteiger partial charge on any atom is 1.00 e. The van der Waals surface area contributed by atoms with Crippen LogP contribution in [0.15, 0.2) is 36.5 Å². The molecule has 11 heavy (non-hydrogen) atoms. The monoisotopic (exact) mass is 135 g/mol. The number of pyridine rings is 1. The van der Waals surface area contributed by atoms with Gasteiger partial charge in [0, 0.05) is 0 Å². The Morgan fingerprint density at radius 2 is 2.00 bits per heavy atom. The molecule has 2 rings (SSSR count). The van der Waals surface area contributed by atoms with Crippen LogP contribution in [-0.2, 0) is 0 Å². The van der Waals surface area contributed by atoms with Gasteiger partial charge in [0.15, 0.2) is 0 Å². The molecule has 0 amide bonds. The molecule has 1 aromatic carbocycles. The van der Waals surface area contributed by atoms with Gasteiger partial charge in [-0.3, -0.25) is 0 Å². The van der Waals surface area contributed by atoms with Gasteiger partial charge in [-0.25, -0.2) is 0 Å². The summed E-state index contributed by atoms with van der Waals surface area (Å²) in [7, 11) is 0. The number of benzene rings is 1. The summed E-state index contributed by atoms with van der Waals surface area (Å²) in [6.07, 6.45) is 1.75. The van der Waals surface area contributed by atoms with E-state index in [1.54, 1.807) is 6.20 Å². The number of fused-ring (bicyclic) bond motifs is 1. The van der Waals surface area contributed by atoms with Crippen LogP contribution in [0.1, 0.15) is 0 Å². The molecule has 0 unspecified atom stereocenters. The van der Waals surface area contributed by atoms with Crippen molar-refractivity contribution in [3.05, 3.63) is 42.6 Å². The van der Waals surface area contributed by atoms with Gasteiger partial charge in [-0.2, -0.15) is 0 Å². The summed E-state index contributed by atoms with van der Waals surface area (Å²) in [5.74, 6) is 0. The van der Waals surface area contributed by atoms with E-state index in [-0.39, 0.29) is 18.9 Å². The Balaban J connectivity index is 0.000000605. The normalized spacial score (nSPS) is 9.09. The average molecular weight is 135 g/mol. The zero-order valence-corrected chi connectivity index (χ0v) is 6.41. The predicted octanol–water partition coefficient (Wildman–Crippen LogP) is -0.961. The molecule has 0 fully saturated rings. The zero-order valence-electron chi connectivity index (χ0n) is 6.41. The van der Waals surface area contributed by atoms with E-state index >= 15 is 0 Å². The van der Waals surface area contributed by atoms with Crippen molar-refractivity contribution in [3.8, 4) is 0 Å². The maximum absolute atomic E-state index is 4.15. The van der Waals surface area contributed by atoms with E-state index < -0.39 is 0 Å². The van der Waals surface area contributed by atoms with Gasteiger partial charge < -0.3 is 4.98 Å². The standard InChI is InChI=1S/C9H6N.Li/c1-2-6-9-8(4-1)5-3-7-10-9;/h1-4,6-7H;/q-1;+1. The summed E-state index contributed by atoms with van der Waals surface area (Å²) in [6, 6.07) is 12.9. The number of nitrogens with zero attached hydrogens (tertiary/aromatic N) is 1. The summed E-state index contributed by atoms with van der Waals surface area (Å²) >= 11 is 0. The Morgan fingerprint density at radius 3 is 2.82 bits per heavy atom. The van der Waals surface area contributed by atoms with Crippen LogP contribution in [0.3, 0.4) is 0 Å². The van der Waals surface area contributed by atoms with Gasteiger partial charge in [0.05, 0.1) is 0 Å². The number of para-hydroxylation sites is 1. The molecule has 2 aromatic rings. The minimum absolute atomic E-state index is 0. The van der Waals surface area contributed by atoms with Crippen LogP contribution in [0.4, 0.5) is 0 Å². The maximum atomic E-state index is 4.15. The number of hydrogen-bond acceptors (Lipinski definition) is 1. The molecular formula is C9H6LiN. The van der Waals surface area contributed by atoms with Crippen molar-refractivity contribution in [2.24, 2.45) is 0 Å². The van der Waals surface area contributed by atoms with E-state index in [1.807, 2.05) is 30.3 Å². The molecule has 0 saturated heterocycles. The van der Waals surface area contributed by atoms with Crippen molar-refractivity contribution in [1.29, 1.82) is 0 Å². The van der Waals surface area contributed by atoms with Crippen LogP contribution in [0.25, 0.3) is 10.9 Å². The van der Waals surface area contributed by atoms with Gasteiger partial charge >= 0.3 is 18.9 Å². The smallest absolute Gasteiger partial charge is 0.352 e. The summed E-state index contributed by atoms with van der Waals surface area (Å²) in [6.45, 7) is 0. The third kappa shape index (κ3) is 1.62. The van der Waals surface area contributed by atoms with Crippen LogP contribution in [0.5, 0.6) is 0 Å². The second-order valence-electron chi connectivity index (χ2n) is 2.11. The molecule has 0 saturated carbocycles. The van der Waals surface area contributed by atoms with Crippen LogP contribution < -0.4 is 18.9 Å². The van der Waals surface area contributed by atoms with Crippen molar-refractivity contribution in [2.45, 2.75) is 0 Å². The van der Waals surface area contributed by atoms with Gasteiger partial charge in [0.25, 0.3) is 0 Å². The first-order chi connectivity index (χ1) is 4.97. The second kappa shape index (κ2) is 3.57. The molecule has 1 nitrogen and oxygen atoms in total. The number of rotatable bonds is 0. The molecule has 0 radical (unpaired) electrons. The third-order valence-electron chi connectivity index (χ3n) is 1.43. The van der Waals surface area contributed by atoms with Gasteiger partial charge in [0.2, 0.25) is 0 Å². The fourth-order valence-corrected chi connectivity index (χ4v) is 0.953. The fourth-order valence-electron chi connectivity index (χ4n) is 0.953. The van der Waals surface area contributed by atoms with Gasteiger partial charge in [0.1, 0.15) is 0 Å². The van der Waals surface area contributed by atoms with Crippen LogP contribution in [0.2, 0.25) is 0 Å². The van der Waals surface area contributed by atoms with E-state index in [4.69, 9.17) is 0 Å². The van der Waals surface area contributed by atoms with Crippen molar-refractivity contribution in [1.82, 2.24) is 4.98 Å². The molecule has 48 valence electrons. The Labute approximate surface area is 77.6 Å². The molecule has 1 aromatic heterocycles. The first-order valence-electron chi connectivity index (χ1n) is 3.18. The van der Waals surface area contributed by atoms with Crippen molar-refractivity contribution in [3.63, 3.8) is 0 Å². The van der Waals surface area contributed by atoms with E-state index in [2.05, 4.69) is 11.1 Å². The topological polar surface area (TPSA) is 12.9 Å². The average Bonchev–Trinajstić information content (AvgIpc) is 2.05. The van der Waals surface area contributed by atoms with E-state index in [0.717, 1.165) is 10.9 Å². The summed E-state index contributed by atoms with van der Waals surface area (Å²) in [4.78, 5) is 4.15. The zero-order chi connectivity index (χ0) is 6.81. The molecule has 0 aliphatic carbocycles. The van der Waals surface area contributed by atoms with Gasteiger partial charge in [-0.05, 0) is 5.52 Å². The Hall–Kier alpha value is -0.773. The minimum Gasteiger partial charge on any atom is -0.352 e. The summed E-state index contributed by atoms with van der Waals surface area (Å²) < 4.78 is 0. The van der Waals surface area contributed by atoms with Crippen molar-refractivity contribution < 1.29 is 18.9 Å². The molecule has 0 N–H and O–H groups in total. The van der Waals surface area contributed by atoms with Crippen LogP contribution >= 0.6 is 0 Å². The van der Waals surface area contributed by atoms with Gasteiger partial charge in [-0.15, -0.1) is 29.7 Å². The van der Waals surface area contributed by atoms with E-state index in [9.17, 15) is 0 Å². The fraction of sp³-hybridized carbons (Fsp3) is 0. The molecule has 0 bridgehead atoms. The Kier molecular flexibility index (Phi) is 2.70. The SMILES string of the molecule is [Li+].[c-]1ccnc2ccccc12. The first-order valence-corrected chi connectivity index (χ1v) is 3.18. The predicted molar refractivity (Wildman–Crippen MR) is 40.6 cm³/mol. The quantitative estimate of drug-likeness (QED) is 0.335. The van der Waals surface area contributed by atoms with Crippen molar-refractivity contribution in [2.75, 3.05) is 0 Å². The first kappa shape index (κ1) is 8.33. The molecule has 0 aliphatic rings. The number of aromatic nitrogens is 1. The van der Waals surface area contributed by atoms with E-state index in [1.165, 1.54) is 0 Å². The molecule has 1 heterocycles. The molecule has 0 aliphatic heterocycles. The van der Waals surface area contributed by atoms with E-state index in [0.29, 0.717) is 0 Å². The molecule has 2 heteroatoms. The third-order valence-corrected chi connectivity index (χ3v) is 1.43. The van der Waals surface area contributed by atoms with Crippen LogP contribution in [-0.4, -0.2) is 4.98 Å². The Morgan fingerprint density at radius 1 is 1.18 bits per heavy atom. The summed E-state index contributed by atoms with van der Waals surface area (Å²) in [5.41, 5.74) is 1.00. The minimum atomic E-state index is 0. The van der Waals surface area contributed by atoms with Gasteiger partial charge in [-0.1, -0.05) is 18.3 Å². The Bertz CT molecular complexity index is 281. The second-order valence-corrected chi connectivity index (χ2v) is 2.11. The number of hydrogen-bond donors (Lipinski definition) is 0. The van der Waals surface area contributed by atoms with Crippen molar-refractivity contribution >= 4 is 10.9 Å². The largest absolute Gasteiger partial charge is 1.00 e. The van der Waals surface area contributed by atoms with Crippen LogP contribution in [0, 0.1) is 6.07 Å². The summed E-state index contributed by atoms with van der Waals surface area (Å²) in [5, 5.41) is 1.07. The molecular weight excluding hydrogens is 129 g/mol.